The highest BCUT2D eigenvalue weighted by Gasteiger charge is 2.19. The van der Waals surface area contributed by atoms with E-state index >= 15 is 0 Å². The lowest BCUT2D eigenvalue weighted by Crippen LogP contribution is -2.30. The molecule has 0 N–H and O–H groups in total. The molecule has 408 valence electrons. The molecule has 0 fully saturated rings. The Balaban J connectivity index is 4.56. The summed E-state index contributed by atoms with van der Waals surface area (Å²) in [6, 6.07) is 0. The summed E-state index contributed by atoms with van der Waals surface area (Å²) in [5.74, 6) is -0.991. The first kappa shape index (κ1) is 68.0. The van der Waals surface area contributed by atoms with Crippen LogP contribution in [0.1, 0.15) is 226 Å². The third-order valence-corrected chi connectivity index (χ3v) is 11.5. The Morgan fingerprint density at radius 2 is 0.493 bits per heavy atom. The zero-order valence-corrected chi connectivity index (χ0v) is 46.6. The van der Waals surface area contributed by atoms with Crippen molar-refractivity contribution in [2.24, 2.45) is 0 Å². The topological polar surface area (TPSA) is 78.9 Å². The number of carbonyl (C=O) groups excluding carboxylic acids is 3. The largest absolute Gasteiger partial charge is 0.462 e. The second-order valence-electron chi connectivity index (χ2n) is 18.4. The molecule has 0 aromatic rings. The van der Waals surface area contributed by atoms with Crippen molar-refractivity contribution in [3.05, 3.63) is 158 Å². The number of ether oxygens (including phenoxy) is 3. The molecular formula is C67H104O6. The van der Waals surface area contributed by atoms with E-state index < -0.39 is 6.10 Å². The maximum Gasteiger partial charge on any atom is 0.306 e. The van der Waals surface area contributed by atoms with E-state index in [4.69, 9.17) is 14.2 Å². The smallest absolute Gasteiger partial charge is 0.306 e. The van der Waals surface area contributed by atoms with Gasteiger partial charge in [0.05, 0.1) is 0 Å². The van der Waals surface area contributed by atoms with Crippen molar-refractivity contribution in [3.63, 3.8) is 0 Å². The van der Waals surface area contributed by atoms with Crippen LogP contribution >= 0.6 is 0 Å². The van der Waals surface area contributed by atoms with Gasteiger partial charge in [-0.1, -0.05) is 224 Å². The molecule has 0 aliphatic carbocycles. The standard InChI is InChI=1S/C67H104O6/c1-4-7-10-13-16-19-22-25-28-31-33-36-39-42-45-48-51-54-57-60-66(69)72-63-64(62-71-65(68)59-56-53-50-47-44-41-38-35-30-27-24-21-18-15-12-9-6-3)73-67(70)61-58-55-52-49-46-43-40-37-34-32-29-26-23-20-17-14-11-8-5-2/h7-12,16-21,25-30,33-34,36-38,41-42,45,64H,4-6,13-15,22-24,31-32,35,39-40,43-44,46-63H2,1-3H3/b10-7-,11-8-,12-9-,19-16-,20-17-,21-18-,28-25-,29-26-,30-27-,36-33-,37-34-,41-38-,45-42-. The molecule has 6 heteroatoms. The molecule has 1 atom stereocenters. The number of rotatable bonds is 50. The van der Waals surface area contributed by atoms with Crippen LogP contribution in [0, 0.1) is 0 Å². The van der Waals surface area contributed by atoms with Gasteiger partial charge in [0, 0.05) is 19.3 Å². The van der Waals surface area contributed by atoms with Crippen LogP contribution in [0.3, 0.4) is 0 Å². The molecule has 0 amide bonds. The minimum absolute atomic E-state index is 0.115. The molecule has 1 unspecified atom stereocenters. The highest BCUT2D eigenvalue weighted by molar-refractivity contribution is 5.71. The highest BCUT2D eigenvalue weighted by Crippen LogP contribution is 2.13. The van der Waals surface area contributed by atoms with Crippen LogP contribution in [-0.4, -0.2) is 37.2 Å². The summed E-state index contributed by atoms with van der Waals surface area (Å²) in [5.41, 5.74) is 0. The summed E-state index contributed by atoms with van der Waals surface area (Å²) in [5, 5.41) is 0. The van der Waals surface area contributed by atoms with Gasteiger partial charge in [-0.15, -0.1) is 0 Å². The number of carbonyl (C=O) groups is 3. The van der Waals surface area contributed by atoms with Gasteiger partial charge in [0.25, 0.3) is 0 Å². The number of esters is 3. The van der Waals surface area contributed by atoms with Gasteiger partial charge in [-0.05, 0) is 141 Å². The van der Waals surface area contributed by atoms with E-state index in [2.05, 4.69) is 179 Å². The van der Waals surface area contributed by atoms with Gasteiger partial charge < -0.3 is 14.2 Å². The monoisotopic (exact) mass is 1000 g/mol. The van der Waals surface area contributed by atoms with Crippen LogP contribution < -0.4 is 0 Å². The van der Waals surface area contributed by atoms with Crippen LogP contribution in [0.15, 0.2) is 158 Å². The second-order valence-corrected chi connectivity index (χ2v) is 18.4. The van der Waals surface area contributed by atoms with Crippen molar-refractivity contribution in [3.8, 4) is 0 Å². The van der Waals surface area contributed by atoms with Crippen molar-refractivity contribution in [2.75, 3.05) is 13.2 Å². The maximum absolute atomic E-state index is 12.9. The first-order chi connectivity index (χ1) is 36.0. The van der Waals surface area contributed by atoms with Gasteiger partial charge in [0.1, 0.15) is 13.2 Å². The van der Waals surface area contributed by atoms with Crippen LogP contribution in [0.2, 0.25) is 0 Å². The Morgan fingerprint density at radius 3 is 0.781 bits per heavy atom. The average Bonchev–Trinajstić information content (AvgIpc) is 3.39. The number of hydrogen-bond donors (Lipinski definition) is 0. The Kier molecular flexibility index (Phi) is 55.5. The summed E-state index contributed by atoms with van der Waals surface area (Å²) in [6.45, 7) is 6.22. The number of allylic oxidation sites excluding steroid dienone is 26. The molecule has 0 aliphatic heterocycles. The van der Waals surface area contributed by atoms with Crippen LogP contribution in [0.25, 0.3) is 0 Å². The van der Waals surface area contributed by atoms with Gasteiger partial charge in [0.15, 0.2) is 6.10 Å². The molecule has 0 rings (SSSR count). The average molecular weight is 1010 g/mol. The predicted octanol–water partition coefficient (Wildman–Crippen LogP) is 19.8. The zero-order valence-electron chi connectivity index (χ0n) is 46.6. The van der Waals surface area contributed by atoms with E-state index in [9.17, 15) is 14.4 Å². The number of hydrogen-bond acceptors (Lipinski definition) is 6. The van der Waals surface area contributed by atoms with Gasteiger partial charge in [0.2, 0.25) is 0 Å². The Bertz CT molecular complexity index is 1670. The molecule has 0 heterocycles. The summed E-state index contributed by atoms with van der Waals surface area (Å²) >= 11 is 0. The lowest BCUT2D eigenvalue weighted by molar-refractivity contribution is -0.167. The minimum atomic E-state index is -0.819. The Morgan fingerprint density at radius 1 is 0.274 bits per heavy atom. The van der Waals surface area contributed by atoms with E-state index in [1.165, 1.54) is 12.8 Å². The molecule has 6 nitrogen and oxygen atoms in total. The molecule has 0 saturated carbocycles. The van der Waals surface area contributed by atoms with Crippen LogP contribution in [-0.2, 0) is 28.6 Å². The fourth-order valence-corrected chi connectivity index (χ4v) is 7.27. The normalized spacial score (nSPS) is 13.3. The summed E-state index contributed by atoms with van der Waals surface area (Å²) in [4.78, 5) is 38.2. The summed E-state index contributed by atoms with van der Waals surface area (Å²) in [6.07, 6.45) is 86.5. The van der Waals surface area contributed by atoms with Crippen molar-refractivity contribution in [2.45, 2.75) is 232 Å². The van der Waals surface area contributed by atoms with E-state index in [-0.39, 0.29) is 31.1 Å². The van der Waals surface area contributed by atoms with Gasteiger partial charge in [-0.3, -0.25) is 14.4 Å². The molecule has 0 radical (unpaired) electrons. The zero-order chi connectivity index (χ0) is 52.9. The minimum Gasteiger partial charge on any atom is -0.462 e. The van der Waals surface area contributed by atoms with E-state index in [0.717, 1.165) is 173 Å². The maximum atomic E-state index is 12.9. The van der Waals surface area contributed by atoms with Gasteiger partial charge in [-0.25, -0.2) is 0 Å². The van der Waals surface area contributed by atoms with E-state index in [1.54, 1.807) is 0 Å². The Hall–Kier alpha value is -4.97. The molecule has 0 spiro atoms. The van der Waals surface area contributed by atoms with Crippen molar-refractivity contribution in [1.82, 2.24) is 0 Å². The first-order valence-electron chi connectivity index (χ1n) is 29.0. The first-order valence-corrected chi connectivity index (χ1v) is 29.0. The fourth-order valence-electron chi connectivity index (χ4n) is 7.27. The highest BCUT2D eigenvalue weighted by atomic mass is 16.6. The molecule has 0 aromatic carbocycles. The summed E-state index contributed by atoms with van der Waals surface area (Å²) < 4.78 is 16.8. The third-order valence-electron chi connectivity index (χ3n) is 11.5. The molecule has 0 bridgehead atoms. The van der Waals surface area contributed by atoms with E-state index in [0.29, 0.717) is 19.3 Å². The lowest BCUT2D eigenvalue weighted by Gasteiger charge is -2.18. The van der Waals surface area contributed by atoms with Crippen molar-refractivity contribution < 1.29 is 28.6 Å². The Labute approximate surface area is 448 Å². The molecule has 0 aliphatic rings. The fraction of sp³-hybridized carbons (Fsp3) is 0.567. The lowest BCUT2D eigenvalue weighted by atomic mass is 10.1. The van der Waals surface area contributed by atoms with Crippen molar-refractivity contribution >= 4 is 17.9 Å². The quantitative estimate of drug-likeness (QED) is 0.0261. The molecular weight excluding hydrogens is 901 g/mol. The van der Waals surface area contributed by atoms with Gasteiger partial charge in [-0.2, -0.15) is 0 Å². The van der Waals surface area contributed by atoms with Crippen LogP contribution in [0.4, 0.5) is 0 Å². The SMILES string of the molecule is CC/C=C\C/C=C\C/C=C\C/C=C\C/C=C\CCCCCC(=O)OCC(COC(=O)CCCCCC/C=C\C/C=C\C/C=C\C/C=C\CC)OC(=O)CCCCCCCC/C=C\C/C=C\C/C=C\C/C=C\CC. The molecule has 0 saturated heterocycles. The predicted molar refractivity (Wildman–Crippen MR) is 315 cm³/mol. The molecule has 73 heavy (non-hydrogen) atoms. The second kappa shape index (κ2) is 59.6. The van der Waals surface area contributed by atoms with Crippen LogP contribution in [0.5, 0.6) is 0 Å². The summed E-state index contributed by atoms with van der Waals surface area (Å²) in [7, 11) is 0. The third kappa shape index (κ3) is 57.8. The van der Waals surface area contributed by atoms with Gasteiger partial charge >= 0.3 is 17.9 Å². The van der Waals surface area contributed by atoms with E-state index in [1.807, 2.05) is 0 Å². The molecule has 0 aromatic heterocycles. The van der Waals surface area contributed by atoms with Crippen molar-refractivity contribution in [1.29, 1.82) is 0 Å². The number of unbranched alkanes of at least 4 members (excludes halogenated alkanes) is 13.